The largest absolute Gasteiger partial charge is 0.0885 e. The van der Waals surface area contributed by atoms with Crippen molar-refractivity contribution in [3.63, 3.8) is 0 Å². The second-order valence-corrected chi connectivity index (χ2v) is 3.79. The molecular weight excluding hydrogens is 132 g/mol. The van der Waals surface area contributed by atoms with Gasteiger partial charge in [0.15, 0.2) is 0 Å². The fourth-order valence-corrected chi connectivity index (χ4v) is 1.69. The monoisotopic (exact) mass is 152 g/mol. The molecule has 1 rings (SSSR count). The summed E-state index contributed by atoms with van der Waals surface area (Å²) < 4.78 is 0. The van der Waals surface area contributed by atoms with Crippen LogP contribution in [-0.4, -0.2) is 0 Å². The number of hydrogen-bond acceptors (Lipinski definition) is 0. The average molecular weight is 152 g/mol. The molecule has 0 aliphatic heterocycles. The first kappa shape index (κ1) is 8.83. The third-order valence-corrected chi connectivity index (χ3v) is 2.56. The second kappa shape index (κ2) is 5.40. The zero-order valence-corrected chi connectivity index (χ0v) is 7.68. The molecule has 0 N–H and O–H groups in total. The van der Waals surface area contributed by atoms with Crippen LogP contribution >= 0.6 is 0 Å². The number of hydrogen-bond donors (Lipinski definition) is 0. The summed E-state index contributed by atoms with van der Waals surface area (Å²) in [4.78, 5) is 0. The van der Waals surface area contributed by atoms with Crippen molar-refractivity contribution in [1.82, 2.24) is 0 Å². The van der Waals surface area contributed by atoms with Crippen molar-refractivity contribution in [2.75, 3.05) is 0 Å². The van der Waals surface area contributed by atoms with E-state index in [0.29, 0.717) is 0 Å². The lowest BCUT2D eigenvalue weighted by atomic mass is 9.96. The first-order valence-corrected chi connectivity index (χ1v) is 5.04. The van der Waals surface area contributed by atoms with Gasteiger partial charge >= 0.3 is 0 Å². The van der Waals surface area contributed by atoms with Crippen molar-refractivity contribution in [2.45, 2.75) is 51.9 Å². The highest BCUT2D eigenvalue weighted by atomic mass is 14.1. The molecule has 1 aliphatic carbocycles. The number of allylic oxidation sites excluding steroid dienone is 2. The van der Waals surface area contributed by atoms with Crippen molar-refractivity contribution >= 4 is 0 Å². The second-order valence-electron chi connectivity index (χ2n) is 3.79. The highest BCUT2D eigenvalue weighted by Gasteiger charge is 2.01. The first-order valence-electron chi connectivity index (χ1n) is 5.04. The molecule has 0 amide bonds. The van der Waals surface area contributed by atoms with E-state index in [2.05, 4.69) is 19.1 Å². The van der Waals surface area contributed by atoms with Gasteiger partial charge in [-0.2, -0.15) is 0 Å². The molecule has 0 aromatic carbocycles. The molecular formula is C11H20. The van der Waals surface area contributed by atoms with E-state index in [1.807, 2.05) is 0 Å². The van der Waals surface area contributed by atoms with E-state index in [4.69, 9.17) is 0 Å². The van der Waals surface area contributed by atoms with Crippen LogP contribution in [0.25, 0.3) is 0 Å². The van der Waals surface area contributed by atoms with Crippen molar-refractivity contribution in [2.24, 2.45) is 5.92 Å². The van der Waals surface area contributed by atoms with Crippen molar-refractivity contribution in [1.29, 1.82) is 0 Å². The molecule has 11 heavy (non-hydrogen) atoms. The molecule has 0 heteroatoms. The van der Waals surface area contributed by atoms with Gasteiger partial charge in [0.05, 0.1) is 0 Å². The summed E-state index contributed by atoms with van der Waals surface area (Å²) in [6, 6.07) is 0. The third kappa shape index (κ3) is 4.23. The Kier molecular flexibility index (Phi) is 4.33. The van der Waals surface area contributed by atoms with Crippen LogP contribution in [0.5, 0.6) is 0 Å². The Balaban J connectivity index is 2.24. The highest BCUT2D eigenvalue weighted by Crippen LogP contribution is 2.17. The lowest BCUT2D eigenvalue weighted by Crippen LogP contribution is -1.94. The van der Waals surface area contributed by atoms with E-state index in [1.54, 1.807) is 0 Å². The standard InChI is InChI=1S/C11H20/c1-11-9-7-5-3-2-4-6-8-10-11/h3,5,11H,2,4,6-10H2,1H3. The predicted molar refractivity (Wildman–Crippen MR) is 50.6 cm³/mol. The molecule has 0 saturated carbocycles. The Morgan fingerprint density at radius 3 is 2.64 bits per heavy atom. The van der Waals surface area contributed by atoms with Gasteiger partial charge in [0.25, 0.3) is 0 Å². The molecule has 1 aliphatic rings. The minimum Gasteiger partial charge on any atom is -0.0885 e. The predicted octanol–water partition coefficient (Wildman–Crippen LogP) is 3.92. The highest BCUT2D eigenvalue weighted by molar-refractivity contribution is 4.82. The van der Waals surface area contributed by atoms with E-state index in [1.165, 1.54) is 44.9 Å². The lowest BCUT2D eigenvalue weighted by Gasteiger charge is -2.10. The third-order valence-electron chi connectivity index (χ3n) is 2.56. The maximum Gasteiger partial charge on any atom is -0.0348 e. The van der Waals surface area contributed by atoms with Gasteiger partial charge in [-0.3, -0.25) is 0 Å². The van der Waals surface area contributed by atoms with Crippen molar-refractivity contribution in [3.05, 3.63) is 12.2 Å². The van der Waals surface area contributed by atoms with E-state index in [9.17, 15) is 0 Å². The van der Waals surface area contributed by atoms with Crippen LogP contribution in [0, 0.1) is 5.92 Å². The van der Waals surface area contributed by atoms with E-state index in [-0.39, 0.29) is 0 Å². The molecule has 0 fully saturated rings. The van der Waals surface area contributed by atoms with Crippen LogP contribution in [0.1, 0.15) is 51.9 Å². The Morgan fingerprint density at radius 1 is 0.909 bits per heavy atom. The minimum absolute atomic E-state index is 0.956. The van der Waals surface area contributed by atoms with Crippen LogP contribution in [-0.2, 0) is 0 Å². The molecule has 0 nitrogen and oxygen atoms in total. The fraction of sp³-hybridized carbons (Fsp3) is 0.818. The van der Waals surface area contributed by atoms with Crippen molar-refractivity contribution in [3.8, 4) is 0 Å². The fourth-order valence-electron chi connectivity index (χ4n) is 1.69. The normalized spacial score (nSPS) is 28.3. The smallest absolute Gasteiger partial charge is 0.0348 e. The maximum atomic E-state index is 2.38. The molecule has 0 heterocycles. The van der Waals surface area contributed by atoms with Crippen LogP contribution in [0.2, 0.25) is 0 Å². The van der Waals surface area contributed by atoms with E-state index >= 15 is 0 Å². The maximum absolute atomic E-state index is 2.38. The van der Waals surface area contributed by atoms with E-state index in [0.717, 1.165) is 5.92 Å². The Labute approximate surface area is 70.7 Å². The van der Waals surface area contributed by atoms with Gasteiger partial charge in [-0.1, -0.05) is 38.3 Å². The Hall–Kier alpha value is -0.260. The van der Waals surface area contributed by atoms with Gasteiger partial charge in [-0.15, -0.1) is 0 Å². The Morgan fingerprint density at radius 2 is 1.73 bits per heavy atom. The summed E-state index contributed by atoms with van der Waals surface area (Å²) in [5, 5.41) is 0. The summed E-state index contributed by atoms with van der Waals surface area (Å²) in [7, 11) is 0. The Bertz CT molecular complexity index is 113. The van der Waals surface area contributed by atoms with Crippen molar-refractivity contribution < 1.29 is 0 Å². The zero-order chi connectivity index (χ0) is 7.94. The van der Waals surface area contributed by atoms with Gasteiger partial charge in [0.2, 0.25) is 0 Å². The molecule has 0 saturated heterocycles. The van der Waals surface area contributed by atoms with Crippen LogP contribution in [0.3, 0.4) is 0 Å². The van der Waals surface area contributed by atoms with E-state index < -0.39 is 0 Å². The van der Waals surface area contributed by atoms with Crippen LogP contribution in [0.15, 0.2) is 12.2 Å². The summed E-state index contributed by atoms with van der Waals surface area (Å²) in [5.41, 5.74) is 0. The van der Waals surface area contributed by atoms with Crippen LogP contribution in [0.4, 0.5) is 0 Å². The van der Waals surface area contributed by atoms with Gasteiger partial charge in [0.1, 0.15) is 0 Å². The molecule has 0 bridgehead atoms. The molecule has 1 atom stereocenters. The van der Waals surface area contributed by atoms with Gasteiger partial charge in [0, 0.05) is 0 Å². The molecule has 0 spiro atoms. The summed E-state index contributed by atoms with van der Waals surface area (Å²) in [6.45, 7) is 2.38. The molecule has 0 radical (unpaired) electrons. The minimum atomic E-state index is 0.956. The average Bonchev–Trinajstić information content (AvgIpc) is 2.03. The van der Waals surface area contributed by atoms with Gasteiger partial charge in [-0.05, 0) is 31.6 Å². The number of rotatable bonds is 0. The summed E-state index contributed by atoms with van der Waals surface area (Å²) >= 11 is 0. The summed E-state index contributed by atoms with van der Waals surface area (Å²) in [6.07, 6.45) is 14.5. The topological polar surface area (TPSA) is 0 Å². The molecule has 1 unspecified atom stereocenters. The lowest BCUT2D eigenvalue weighted by molar-refractivity contribution is 0.461. The van der Waals surface area contributed by atoms with Gasteiger partial charge < -0.3 is 0 Å². The quantitative estimate of drug-likeness (QED) is 0.461. The zero-order valence-electron chi connectivity index (χ0n) is 7.68. The molecule has 0 aromatic rings. The SMILES string of the molecule is CC1CCC=CCCCCC1. The molecule has 0 aromatic heterocycles. The van der Waals surface area contributed by atoms with Gasteiger partial charge in [-0.25, -0.2) is 0 Å². The molecule has 64 valence electrons. The summed E-state index contributed by atoms with van der Waals surface area (Å²) in [5.74, 6) is 0.956. The van der Waals surface area contributed by atoms with Crippen LogP contribution < -0.4 is 0 Å². The first-order chi connectivity index (χ1) is 5.39.